The van der Waals surface area contributed by atoms with Gasteiger partial charge in [-0.2, -0.15) is 10.2 Å². The fraction of sp³-hybridized carbons (Fsp3) is 0.105. The zero-order valence-corrected chi connectivity index (χ0v) is 16.0. The van der Waals surface area contributed by atoms with Crippen LogP contribution in [0.1, 0.15) is 11.1 Å². The third kappa shape index (κ3) is 4.10. The minimum Gasteiger partial charge on any atom is -0.493 e. The van der Waals surface area contributed by atoms with Crippen molar-refractivity contribution >= 4 is 27.7 Å². The normalized spacial score (nSPS) is 10.3. The first-order chi connectivity index (χ1) is 13.0. The van der Waals surface area contributed by atoms with Gasteiger partial charge in [0.15, 0.2) is 11.5 Å². The SMILES string of the molecule is COc1cc(-c2nc(N)nc(N)c2C#N)ccc1OCc1cccc(Br)c1. The van der Waals surface area contributed by atoms with Crippen molar-refractivity contribution in [3.05, 3.63) is 58.1 Å². The molecule has 0 fully saturated rings. The summed E-state index contributed by atoms with van der Waals surface area (Å²) in [6.45, 7) is 0.381. The number of ether oxygens (including phenoxy) is 2. The van der Waals surface area contributed by atoms with Crippen molar-refractivity contribution in [2.75, 3.05) is 18.6 Å². The van der Waals surface area contributed by atoms with Crippen molar-refractivity contribution in [2.24, 2.45) is 0 Å². The summed E-state index contributed by atoms with van der Waals surface area (Å²) < 4.78 is 12.3. The van der Waals surface area contributed by atoms with Crippen molar-refractivity contribution in [1.82, 2.24) is 9.97 Å². The molecule has 0 radical (unpaired) electrons. The van der Waals surface area contributed by atoms with Crippen molar-refractivity contribution < 1.29 is 9.47 Å². The number of hydrogen-bond acceptors (Lipinski definition) is 7. The van der Waals surface area contributed by atoms with Gasteiger partial charge in [0.25, 0.3) is 0 Å². The molecule has 0 aliphatic rings. The Balaban J connectivity index is 1.92. The van der Waals surface area contributed by atoms with E-state index in [1.807, 2.05) is 30.3 Å². The van der Waals surface area contributed by atoms with Crippen LogP contribution in [0.5, 0.6) is 11.5 Å². The maximum atomic E-state index is 9.35. The number of benzene rings is 2. The Labute approximate surface area is 164 Å². The highest BCUT2D eigenvalue weighted by Gasteiger charge is 2.15. The third-order valence-corrected chi connectivity index (χ3v) is 4.28. The molecule has 0 unspecified atom stereocenters. The van der Waals surface area contributed by atoms with Crippen LogP contribution in [-0.2, 0) is 6.61 Å². The lowest BCUT2D eigenvalue weighted by molar-refractivity contribution is 0.284. The van der Waals surface area contributed by atoms with Crippen molar-refractivity contribution in [2.45, 2.75) is 6.61 Å². The van der Waals surface area contributed by atoms with Gasteiger partial charge < -0.3 is 20.9 Å². The number of halogens is 1. The molecule has 7 nitrogen and oxygen atoms in total. The summed E-state index contributed by atoms with van der Waals surface area (Å²) >= 11 is 3.44. The highest BCUT2D eigenvalue weighted by molar-refractivity contribution is 9.10. The van der Waals surface area contributed by atoms with Crippen LogP contribution in [0, 0.1) is 11.3 Å². The molecule has 8 heteroatoms. The molecule has 0 aliphatic carbocycles. The van der Waals surface area contributed by atoms with Crippen LogP contribution in [0.25, 0.3) is 11.3 Å². The standard InChI is InChI=1S/C19H16BrN5O2/c1-26-16-8-12(17-14(9-21)18(22)25-19(23)24-17)5-6-15(16)27-10-11-3-2-4-13(20)7-11/h2-8H,10H2,1H3,(H4,22,23,24,25). The van der Waals surface area contributed by atoms with E-state index in [0.717, 1.165) is 10.0 Å². The largest absolute Gasteiger partial charge is 0.493 e. The molecule has 3 rings (SSSR count). The Morgan fingerprint density at radius 1 is 1.11 bits per heavy atom. The first-order valence-electron chi connectivity index (χ1n) is 7.90. The molecule has 3 aromatic rings. The highest BCUT2D eigenvalue weighted by Crippen LogP contribution is 2.34. The van der Waals surface area contributed by atoms with Crippen LogP contribution < -0.4 is 20.9 Å². The third-order valence-electron chi connectivity index (χ3n) is 3.79. The molecule has 1 heterocycles. The summed E-state index contributed by atoms with van der Waals surface area (Å²) in [5, 5.41) is 9.35. The fourth-order valence-corrected chi connectivity index (χ4v) is 2.98. The number of hydrogen-bond donors (Lipinski definition) is 2. The molecule has 0 amide bonds. The number of nitrogens with two attached hydrogens (primary N) is 2. The summed E-state index contributed by atoms with van der Waals surface area (Å²) in [6, 6.07) is 15.1. The van der Waals surface area contributed by atoms with Gasteiger partial charge in [-0.05, 0) is 35.9 Å². The highest BCUT2D eigenvalue weighted by atomic mass is 79.9. The first-order valence-corrected chi connectivity index (χ1v) is 8.70. The molecule has 0 saturated carbocycles. The van der Waals surface area contributed by atoms with Gasteiger partial charge in [-0.3, -0.25) is 0 Å². The lowest BCUT2D eigenvalue weighted by atomic mass is 10.1. The van der Waals surface area contributed by atoms with Gasteiger partial charge in [-0.1, -0.05) is 28.1 Å². The van der Waals surface area contributed by atoms with Gasteiger partial charge in [0.05, 0.1) is 12.8 Å². The Morgan fingerprint density at radius 2 is 1.93 bits per heavy atom. The maximum absolute atomic E-state index is 9.35. The van der Waals surface area contributed by atoms with Crippen LogP contribution >= 0.6 is 15.9 Å². The van der Waals surface area contributed by atoms with Crippen LogP contribution in [0.2, 0.25) is 0 Å². The van der Waals surface area contributed by atoms with Gasteiger partial charge in [-0.25, -0.2) is 4.98 Å². The Kier molecular flexibility index (Phi) is 5.43. The smallest absolute Gasteiger partial charge is 0.222 e. The Morgan fingerprint density at radius 3 is 2.63 bits per heavy atom. The summed E-state index contributed by atoms with van der Waals surface area (Å²) in [5.41, 5.74) is 13.6. The predicted molar refractivity (Wildman–Crippen MR) is 106 cm³/mol. The molecule has 0 saturated heterocycles. The van der Waals surface area contributed by atoms with Gasteiger partial charge >= 0.3 is 0 Å². The molecule has 0 spiro atoms. The number of nitrogen functional groups attached to an aromatic ring is 2. The molecule has 1 aromatic heterocycles. The monoisotopic (exact) mass is 425 g/mol. The molecule has 2 aromatic carbocycles. The Hall–Kier alpha value is -3.31. The zero-order valence-electron chi connectivity index (χ0n) is 14.4. The minimum atomic E-state index is -0.00421. The number of rotatable bonds is 5. The second kappa shape index (κ2) is 7.93. The summed E-state index contributed by atoms with van der Waals surface area (Å²) in [6.07, 6.45) is 0. The van der Waals surface area contributed by atoms with Gasteiger partial charge in [-0.15, -0.1) is 0 Å². The molecule has 4 N–H and O–H groups in total. The van der Waals surface area contributed by atoms with Gasteiger partial charge in [0.2, 0.25) is 5.95 Å². The van der Waals surface area contributed by atoms with Crippen molar-refractivity contribution in [1.29, 1.82) is 5.26 Å². The fourth-order valence-electron chi connectivity index (χ4n) is 2.54. The van der Waals surface area contributed by atoms with Gasteiger partial charge in [0.1, 0.15) is 24.1 Å². The quantitative estimate of drug-likeness (QED) is 0.640. The number of nitriles is 1. The Bertz CT molecular complexity index is 1030. The molecule has 0 atom stereocenters. The number of aromatic nitrogens is 2. The first kappa shape index (κ1) is 18.5. The van der Waals surface area contributed by atoms with Crippen LogP contribution in [0.3, 0.4) is 0 Å². The van der Waals surface area contributed by atoms with E-state index in [-0.39, 0.29) is 17.3 Å². The maximum Gasteiger partial charge on any atom is 0.222 e. The van der Waals surface area contributed by atoms with Crippen molar-refractivity contribution in [3.63, 3.8) is 0 Å². The van der Waals surface area contributed by atoms with Crippen molar-refractivity contribution in [3.8, 4) is 28.8 Å². The lowest BCUT2D eigenvalue weighted by Crippen LogP contribution is -2.05. The van der Waals surface area contributed by atoms with Crippen LogP contribution in [-0.4, -0.2) is 17.1 Å². The molecule has 27 heavy (non-hydrogen) atoms. The average molecular weight is 426 g/mol. The van der Waals surface area contributed by atoms with E-state index in [1.54, 1.807) is 25.3 Å². The summed E-state index contributed by atoms with van der Waals surface area (Å²) in [4.78, 5) is 7.97. The number of anilines is 2. The summed E-state index contributed by atoms with van der Waals surface area (Å²) in [5.74, 6) is 1.10. The molecular weight excluding hydrogens is 410 g/mol. The molecule has 0 aliphatic heterocycles. The van der Waals surface area contributed by atoms with Crippen LogP contribution in [0.4, 0.5) is 11.8 Å². The van der Waals surface area contributed by atoms with E-state index in [0.29, 0.717) is 29.4 Å². The second-order valence-electron chi connectivity index (χ2n) is 5.59. The summed E-state index contributed by atoms with van der Waals surface area (Å²) in [7, 11) is 1.54. The van der Waals surface area contributed by atoms with E-state index >= 15 is 0 Å². The molecule has 0 bridgehead atoms. The van der Waals surface area contributed by atoms with E-state index < -0.39 is 0 Å². The van der Waals surface area contributed by atoms with Gasteiger partial charge in [0, 0.05) is 10.0 Å². The molecule has 136 valence electrons. The second-order valence-corrected chi connectivity index (χ2v) is 6.50. The van der Waals surface area contributed by atoms with E-state index in [9.17, 15) is 5.26 Å². The zero-order chi connectivity index (χ0) is 19.4. The van der Waals surface area contributed by atoms with Crippen LogP contribution in [0.15, 0.2) is 46.9 Å². The number of methoxy groups -OCH3 is 1. The van der Waals surface area contributed by atoms with E-state index in [4.69, 9.17) is 20.9 Å². The minimum absolute atomic E-state index is 0.00421. The van der Waals surface area contributed by atoms with E-state index in [2.05, 4.69) is 25.9 Å². The molecular formula is C19H16BrN5O2. The van der Waals surface area contributed by atoms with E-state index in [1.165, 1.54) is 0 Å². The predicted octanol–water partition coefficient (Wildman–Crippen LogP) is 3.53. The number of nitrogens with zero attached hydrogens (tertiary/aromatic N) is 3. The average Bonchev–Trinajstić information content (AvgIpc) is 2.65. The lowest BCUT2D eigenvalue weighted by Gasteiger charge is -2.13. The topological polar surface area (TPSA) is 120 Å².